The molecule has 0 aromatic rings. The average Bonchev–Trinajstić information content (AvgIpc) is 2.87. The molecule has 2 fully saturated rings. The normalized spacial score (nSPS) is 26.2. The van der Waals surface area contributed by atoms with E-state index >= 15 is 0 Å². The van der Waals surface area contributed by atoms with Gasteiger partial charge in [-0.15, -0.1) is 24.0 Å². The van der Waals surface area contributed by atoms with Crippen LogP contribution in [0.3, 0.4) is 0 Å². The highest BCUT2D eigenvalue weighted by atomic mass is 127. The molecule has 1 heterocycles. The summed E-state index contributed by atoms with van der Waals surface area (Å²) in [6.45, 7) is 4.29. The summed E-state index contributed by atoms with van der Waals surface area (Å²) in [6.07, 6.45) is 5.39. The monoisotopic (exact) mass is 429 g/mol. The van der Waals surface area contributed by atoms with Gasteiger partial charge in [0, 0.05) is 32.4 Å². The van der Waals surface area contributed by atoms with Crippen LogP contribution in [-0.2, 0) is 9.84 Å². The SMILES string of the molecule is CCS(=O)(=O)CCNC(=NC)N1CC2CCCCC2C1.I. The topological polar surface area (TPSA) is 61.8 Å². The smallest absolute Gasteiger partial charge is 0.193 e. The minimum Gasteiger partial charge on any atom is -0.355 e. The van der Waals surface area contributed by atoms with E-state index in [2.05, 4.69) is 15.2 Å². The van der Waals surface area contributed by atoms with Gasteiger partial charge in [-0.2, -0.15) is 0 Å². The Bertz CT molecular complexity index is 439. The largest absolute Gasteiger partial charge is 0.355 e. The molecule has 1 aliphatic carbocycles. The molecule has 0 radical (unpaired) electrons. The van der Waals surface area contributed by atoms with Gasteiger partial charge in [-0.25, -0.2) is 8.42 Å². The van der Waals surface area contributed by atoms with Gasteiger partial charge in [-0.05, 0) is 24.7 Å². The summed E-state index contributed by atoms with van der Waals surface area (Å²) in [5, 5.41) is 3.21. The molecular weight excluding hydrogens is 401 g/mol. The third-order valence-corrected chi connectivity index (χ3v) is 6.33. The van der Waals surface area contributed by atoms with E-state index in [9.17, 15) is 8.42 Å². The lowest BCUT2D eigenvalue weighted by Gasteiger charge is -2.22. The van der Waals surface area contributed by atoms with E-state index in [-0.39, 0.29) is 35.5 Å². The summed E-state index contributed by atoms with van der Waals surface area (Å²) in [5.74, 6) is 2.87. The van der Waals surface area contributed by atoms with Crippen LogP contribution in [0.15, 0.2) is 4.99 Å². The predicted molar refractivity (Wildman–Crippen MR) is 98.1 cm³/mol. The lowest BCUT2D eigenvalue weighted by molar-refractivity contribution is 0.299. The first kappa shape index (κ1) is 19.0. The standard InChI is InChI=1S/C14H27N3O2S.HI/c1-3-20(18,19)9-8-16-14(15-2)17-10-12-6-4-5-7-13(12)11-17;/h12-13H,3-11H2,1-2H3,(H,15,16);1H. The second-order valence-corrected chi connectivity index (χ2v) is 8.39. The number of fused-ring (bicyclic) bond motifs is 1. The maximum atomic E-state index is 11.5. The second kappa shape index (κ2) is 8.55. The zero-order valence-electron chi connectivity index (χ0n) is 13.0. The van der Waals surface area contributed by atoms with Crippen molar-refractivity contribution in [3.63, 3.8) is 0 Å². The molecule has 2 rings (SSSR count). The predicted octanol–water partition coefficient (Wildman–Crippen LogP) is 1.74. The van der Waals surface area contributed by atoms with E-state index in [0.29, 0.717) is 6.54 Å². The molecule has 124 valence electrons. The number of guanidine groups is 1. The molecule has 0 aromatic heterocycles. The van der Waals surface area contributed by atoms with Gasteiger partial charge in [0.2, 0.25) is 0 Å². The average molecular weight is 429 g/mol. The molecule has 0 bridgehead atoms. The Balaban J connectivity index is 0.00000220. The Morgan fingerprint density at radius 3 is 2.29 bits per heavy atom. The van der Waals surface area contributed by atoms with Crippen LogP contribution in [0.5, 0.6) is 0 Å². The van der Waals surface area contributed by atoms with Crippen molar-refractivity contribution < 1.29 is 8.42 Å². The molecule has 7 heteroatoms. The first-order valence-electron chi connectivity index (χ1n) is 7.71. The third-order valence-electron chi connectivity index (χ3n) is 4.62. The van der Waals surface area contributed by atoms with Gasteiger partial charge >= 0.3 is 0 Å². The van der Waals surface area contributed by atoms with Crippen LogP contribution < -0.4 is 5.32 Å². The van der Waals surface area contributed by atoms with Crippen LogP contribution in [0.2, 0.25) is 0 Å². The first-order chi connectivity index (χ1) is 9.55. The van der Waals surface area contributed by atoms with Crippen LogP contribution in [0.1, 0.15) is 32.6 Å². The fraction of sp³-hybridized carbons (Fsp3) is 0.929. The van der Waals surface area contributed by atoms with Crippen molar-refractivity contribution >= 4 is 39.8 Å². The molecule has 0 aromatic carbocycles. The molecule has 0 amide bonds. The Kier molecular flexibility index (Phi) is 7.73. The van der Waals surface area contributed by atoms with Crippen LogP contribution >= 0.6 is 24.0 Å². The van der Waals surface area contributed by atoms with E-state index in [1.807, 2.05) is 0 Å². The molecular formula is C14H28IN3O2S. The highest BCUT2D eigenvalue weighted by Gasteiger charge is 2.35. The summed E-state index contributed by atoms with van der Waals surface area (Å²) in [6, 6.07) is 0. The Morgan fingerprint density at radius 1 is 1.24 bits per heavy atom. The molecule has 2 aliphatic rings. The number of hydrogen-bond donors (Lipinski definition) is 1. The maximum absolute atomic E-state index is 11.5. The van der Waals surface area contributed by atoms with Gasteiger partial charge in [0.05, 0.1) is 5.75 Å². The number of sulfone groups is 1. The van der Waals surface area contributed by atoms with Crippen LogP contribution in [0.4, 0.5) is 0 Å². The minimum absolute atomic E-state index is 0. The molecule has 1 N–H and O–H groups in total. The Labute approximate surface area is 145 Å². The van der Waals surface area contributed by atoms with Crippen molar-refractivity contribution in [2.45, 2.75) is 32.6 Å². The molecule has 1 aliphatic heterocycles. The second-order valence-electron chi connectivity index (χ2n) is 5.92. The number of nitrogens with one attached hydrogen (secondary N) is 1. The zero-order valence-corrected chi connectivity index (χ0v) is 16.2. The molecule has 21 heavy (non-hydrogen) atoms. The van der Waals surface area contributed by atoms with Crippen molar-refractivity contribution in [3.8, 4) is 0 Å². The molecule has 0 spiro atoms. The quantitative estimate of drug-likeness (QED) is 0.420. The van der Waals surface area contributed by atoms with Crippen LogP contribution in [0, 0.1) is 11.8 Å². The fourth-order valence-corrected chi connectivity index (χ4v) is 4.08. The Morgan fingerprint density at radius 2 is 1.81 bits per heavy atom. The number of aliphatic imine (C=N–C) groups is 1. The number of nitrogens with zero attached hydrogens (tertiary/aromatic N) is 2. The number of halogens is 1. The van der Waals surface area contributed by atoms with Gasteiger partial charge in [-0.3, -0.25) is 4.99 Å². The summed E-state index contributed by atoms with van der Waals surface area (Å²) >= 11 is 0. The lowest BCUT2D eigenvalue weighted by atomic mass is 9.82. The maximum Gasteiger partial charge on any atom is 0.193 e. The highest BCUT2D eigenvalue weighted by Crippen LogP contribution is 2.35. The summed E-state index contributed by atoms with van der Waals surface area (Å²) in [5.41, 5.74) is 0. The van der Waals surface area contributed by atoms with Crippen molar-refractivity contribution in [2.24, 2.45) is 16.8 Å². The summed E-state index contributed by atoms with van der Waals surface area (Å²) in [4.78, 5) is 6.61. The van der Waals surface area contributed by atoms with Crippen molar-refractivity contribution in [3.05, 3.63) is 0 Å². The van der Waals surface area contributed by atoms with E-state index in [0.717, 1.165) is 30.9 Å². The van der Waals surface area contributed by atoms with Crippen LogP contribution in [-0.4, -0.2) is 57.5 Å². The summed E-state index contributed by atoms with van der Waals surface area (Å²) in [7, 11) is -1.13. The lowest BCUT2D eigenvalue weighted by Crippen LogP contribution is -2.42. The summed E-state index contributed by atoms with van der Waals surface area (Å²) < 4.78 is 23.0. The molecule has 2 unspecified atom stereocenters. The number of likely N-dealkylation sites (tertiary alicyclic amines) is 1. The van der Waals surface area contributed by atoms with Gasteiger partial charge in [0.15, 0.2) is 15.8 Å². The van der Waals surface area contributed by atoms with Crippen molar-refractivity contribution in [1.29, 1.82) is 0 Å². The van der Waals surface area contributed by atoms with Crippen molar-refractivity contribution in [2.75, 3.05) is 38.2 Å². The third kappa shape index (κ3) is 5.26. The number of rotatable bonds is 4. The zero-order chi connectivity index (χ0) is 14.6. The van der Waals surface area contributed by atoms with Gasteiger partial charge in [0.25, 0.3) is 0 Å². The number of hydrogen-bond acceptors (Lipinski definition) is 3. The van der Waals surface area contributed by atoms with E-state index in [1.54, 1.807) is 14.0 Å². The first-order valence-corrected chi connectivity index (χ1v) is 9.54. The van der Waals surface area contributed by atoms with Gasteiger partial charge in [-0.1, -0.05) is 19.8 Å². The van der Waals surface area contributed by atoms with Gasteiger partial charge in [0.1, 0.15) is 0 Å². The molecule has 1 saturated carbocycles. The van der Waals surface area contributed by atoms with E-state index < -0.39 is 9.84 Å². The Hall–Kier alpha value is -0.0500. The molecule has 5 nitrogen and oxygen atoms in total. The minimum atomic E-state index is -2.90. The van der Waals surface area contributed by atoms with E-state index in [4.69, 9.17) is 0 Å². The highest BCUT2D eigenvalue weighted by molar-refractivity contribution is 14.0. The van der Waals surface area contributed by atoms with E-state index in [1.165, 1.54) is 25.7 Å². The fourth-order valence-electron chi connectivity index (χ4n) is 3.37. The van der Waals surface area contributed by atoms with Gasteiger partial charge < -0.3 is 10.2 Å². The molecule has 1 saturated heterocycles. The molecule has 2 atom stereocenters. The van der Waals surface area contributed by atoms with Crippen molar-refractivity contribution in [1.82, 2.24) is 10.2 Å². The van der Waals surface area contributed by atoms with Crippen LogP contribution in [0.25, 0.3) is 0 Å².